The Hall–Kier alpha value is -3.46. The molecule has 6 nitrogen and oxygen atoms in total. The van der Waals surface area contributed by atoms with Crippen LogP contribution in [0.5, 0.6) is 17.2 Å². The van der Waals surface area contributed by atoms with Crippen LogP contribution < -0.4 is 19.5 Å². The molecule has 1 aliphatic rings. The zero-order valence-corrected chi connectivity index (χ0v) is 15.7. The molecule has 0 bridgehead atoms. The van der Waals surface area contributed by atoms with Crippen molar-refractivity contribution in [2.75, 3.05) is 25.1 Å². The van der Waals surface area contributed by atoms with Crippen LogP contribution in [-0.2, 0) is 4.79 Å². The standard InChI is InChI=1S/C22H22N2O4/c1-2-3-10-26-19-7-4-16(5-8-19)13-17(15-23)22(25)24-18-6-9-20-21(14-18)28-12-11-27-20/h4-9,13-14H,2-3,10-12H2,1H3,(H,24,25)/b17-13+. The fraction of sp³-hybridized carbons (Fsp3) is 0.273. The Balaban J connectivity index is 1.67. The van der Waals surface area contributed by atoms with Crippen molar-refractivity contribution < 1.29 is 19.0 Å². The number of unbranched alkanes of at least 4 members (excludes halogenated alkanes) is 1. The second-order valence-corrected chi connectivity index (χ2v) is 6.25. The Morgan fingerprint density at radius 2 is 1.93 bits per heavy atom. The van der Waals surface area contributed by atoms with Crippen LogP contribution in [0.15, 0.2) is 48.0 Å². The minimum Gasteiger partial charge on any atom is -0.494 e. The molecular weight excluding hydrogens is 356 g/mol. The lowest BCUT2D eigenvalue weighted by Gasteiger charge is -2.18. The highest BCUT2D eigenvalue weighted by Gasteiger charge is 2.14. The first kappa shape index (κ1) is 19.3. The van der Waals surface area contributed by atoms with E-state index in [1.54, 1.807) is 24.3 Å². The van der Waals surface area contributed by atoms with E-state index in [1.807, 2.05) is 30.3 Å². The van der Waals surface area contributed by atoms with Gasteiger partial charge in [0.05, 0.1) is 6.61 Å². The topological polar surface area (TPSA) is 80.6 Å². The van der Waals surface area contributed by atoms with Crippen molar-refractivity contribution in [3.63, 3.8) is 0 Å². The van der Waals surface area contributed by atoms with Crippen LogP contribution >= 0.6 is 0 Å². The second kappa shape index (κ2) is 9.47. The van der Waals surface area contributed by atoms with Crippen molar-refractivity contribution in [2.45, 2.75) is 19.8 Å². The number of anilines is 1. The number of hydrogen-bond acceptors (Lipinski definition) is 5. The molecule has 3 rings (SSSR count). The van der Waals surface area contributed by atoms with E-state index in [0.717, 1.165) is 24.2 Å². The van der Waals surface area contributed by atoms with E-state index in [1.165, 1.54) is 0 Å². The highest BCUT2D eigenvalue weighted by molar-refractivity contribution is 6.09. The van der Waals surface area contributed by atoms with Crippen molar-refractivity contribution in [1.29, 1.82) is 5.26 Å². The van der Waals surface area contributed by atoms with E-state index in [4.69, 9.17) is 14.2 Å². The molecule has 1 aliphatic heterocycles. The summed E-state index contributed by atoms with van der Waals surface area (Å²) in [5.74, 6) is 1.50. The first-order chi connectivity index (χ1) is 13.7. The molecule has 2 aromatic carbocycles. The summed E-state index contributed by atoms with van der Waals surface area (Å²) < 4.78 is 16.6. The van der Waals surface area contributed by atoms with Gasteiger partial charge in [-0.1, -0.05) is 25.5 Å². The Bertz CT molecular complexity index is 898. The summed E-state index contributed by atoms with van der Waals surface area (Å²) in [4.78, 5) is 12.5. The van der Waals surface area contributed by atoms with E-state index >= 15 is 0 Å². The van der Waals surface area contributed by atoms with Gasteiger partial charge in [-0.05, 0) is 42.3 Å². The quantitative estimate of drug-likeness (QED) is 0.444. The summed E-state index contributed by atoms with van der Waals surface area (Å²) in [6, 6.07) is 14.4. The average molecular weight is 378 g/mol. The monoisotopic (exact) mass is 378 g/mol. The van der Waals surface area contributed by atoms with Crippen LogP contribution in [0.25, 0.3) is 6.08 Å². The molecule has 0 aromatic heterocycles. The summed E-state index contributed by atoms with van der Waals surface area (Å²) in [6.45, 7) is 3.75. The first-order valence-corrected chi connectivity index (χ1v) is 9.25. The summed E-state index contributed by atoms with van der Waals surface area (Å²) in [7, 11) is 0. The molecule has 0 aliphatic carbocycles. The van der Waals surface area contributed by atoms with Crippen molar-refractivity contribution in [3.05, 3.63) is 53.6 Å². The molecule has 1 heterocycles. The van der Waals surface area contributed by atoms with Gasteiger partial charge in [0.2, 0.25) is 0 Å². The third-order valence-corrected chi connectivity index (χ3v) is 4.12. The molecule has 1 N–H and O–H groups in total. The Morgan fingerprint density at radius 1 is 1.18 bits per heavy atom. The van der Waals surface area contributed by atoms with Crippen molar-refractivity contribution in [1.82, 2.24) is 0 Å². The maximum atomic E-state index is 12.5. The molecule has 0 fully saturated rings. The number of carbonyl (C=O) groups excluding carboxylic acids is 1. The van der Waals surface area contributed by atoms with E-state index in [9.17, 15) is 10.1 Å². The molecule has 0 spiro atoms. The average Bonchev–Trinajstić information content (AvgIpc) is 2.73. The molecule has 2 aromatic rings. The Labute approximate surface area is 164 Å². The normalized spacial score (nSPS) is 12.8. The number of nitriles is 1. The molecule has 0 radical (unpaired) electrons. The fourth-order valence-electron chi connectivity index (χ4n) is 2.63. The van der Waals surface area contributed by atoms with Gasteiger partial charge in [-0.2, -0.15) is 5.26 Å². The van der Waals surface area contributed by atoms with E-state index in [2.05, 4.69) is 12.2 Å². The molecule has 0 saturated carbocycles. The molecular formula is C22H22N2O4. The number of benzene rings is 2. The largest absolute Gasteiger partial charge is 0.494 e. The van der Waals surface area contributed by atoms with Crippen molar-refractivity contribution in [3.8, 4) is 23.3 Å². The third-order valence-electron chi connectivity index (χ3n) is 4.12. The smallest absolute Gasteiger partial charge is 0.266 e. The van der Waals surface area contributed by atoms with Crippen molar-refractivity contribution in [2.24, 2.45) is 0 Å². The third kappa shape index (κ3) is 5.04. The van der Waals surface area contributed by atoms with Crippen LogP contribution in [0.3, 0.4) is 0 Å². The predicted molar refractivity (Wildman–Crippen MR) is 106 cm³/mol. The van der Waals surface area contributed by atoms with Gasteiger partial charge in [0.25, 0.3) is 5.91 Å². The number of nitrogens with zero attached hydrogens (tertiary/aromatic N) is 1. The van der Waals surface area contributed by atoms with Gasteiger partial charge in [0.15, 0.2) is 11.5 Å². The number of amides is 1. The Kier molecular flexibility index (Phi) is 6.53. The van der Waals surface area contributed by atoms with Gasteiger partial charge in [-0.25, -0.2) is 0 Å². The maximum absolute atomic E-state index is 12.5. The summed E-state index contributed by atoms with van der Waals surface area (Å²) in [6.07, 6.45) is 3.62. The lowest BCUT2D eigenvalue weighted by molar-refractivity contribution is -0.112. The SMILES string of the molecule is CCCCOc1ccc(/C=C(\C#N)C(=O)Nc2ccc3c(c2)OCCO3)cc1. The van der Waals surface area contributed by atoms with Crippen LogP contribution in [0, 0.1) is 11.3 Å². The van der Waals surface area contributed by atoms with Gasteiger partial charge in [0.1, 0.15) is 30.6 Å². The molecule has 1 amide bonds. The van der Waals surface area contributed by atoms with E-state index < -0.39 is 5.91 Å². The lowest BCUT2D eigenvalue weighted by atomic mass is 10.1. The molecule has 0 atom stereocenters. The van der Waals surface area contributed by atoms with Gasteiger partial charge < -0.3 is 19.5 Å². The molecule has 144 valence electrons. The maximum Gasteiger partial charge on any atom is 0.266 e. The highest BCUT2D eigenvalue weighted by atomic mass is 16.6. The summed E-state index contributed by atoms with van der Waals surface area (Å²) in [5, 5.41) is 12.1. The number of ether oxygens (including phenoxy) is 3. The van der Waals surface area contributed by atoms with Gasteiger partial charge >= 0.3 is 0 Å². The summed E-state index contributed by atoms with van der Waals surface area (Å²) in [5.41, 5.74) is 1.29. The van der Waals surface area contributed by atoms with Crippen molar-refractivity contribution >= 4 is 17.7 Å². The highest BCUT2D eigenvalue weighted by Crippen LogP contribution is 2.32. The number of fused-ring (bicyclic) bond motifs is 1. The lowest BCUT2D eigenvalue weighted by Crippen LogP contribution is -2.17. The van der Waals surface area contributed by atoms with Crippen LogP contribution in [0.1, 0.15) is 25.3 Å². The minimum atomic E-state index is -0.484. The van der Waals surface area contributed by atoms with E-state index in [-0.39, 0.29) is 5.57 Å². The molecule has 28 heavy (non-hydrogen) atoms. The van der Waals surface area contributed by atoms with Gasteiger partial charge in [-0.15, -0.1) is 0 Å². The number of carbonyl (C=O) groups is 1. The molecule has 0 saturated heterocycles. The minimum absolute atomic E-state index is 0.00883. The summed E-state index contributed by atoms with van der Waals surface area (Å²) >= 11 is 0. The van der Waals surface area contributed by atoms with Crippen LogP contribution in [0.2, 0.25) is 0 Å². The molecule has 0 unspecified atom stereocenters. The number of hydrogen-bond donors (Lipinski definition) is 1. The van der Waals surface area contributed by atoms with Crippen LogP contribution in [0.4, 0.5) is 5.69 Å². The first-order valence-electron chi connectivity index (χ1n) is 9.25. The second-order valence-electron chi connectivity index (χ2n) is 6.25. The fourth-order valence-corrected chi connectivity index (χ4v) is 2.63. The zero-order chi connectivity index (χ0) is 19.8. The van der Waals surface area contributed by atoms with E-state index in [0.29, 0.717) is 37.0 Å². The predicted octanol–water partition coefficient (Wildman–Crippen LogP) is 4.18. The van der Waals surface area contributed by atoms with Gasteiger partial charge in [0, 0.05) is 11.8 Å². The molecule has 6 heteroatoms. The van der Waals surface area contributed by atoms with Crippen LogP contribution in [-0.4, -0.2) is 25.7 Å². The number of rotatable bonds is 7. The number of nitrogens with one attached hydrogen (secondary N) is 1. The Morgan fingerprint density at radius 3 is 2.64 bits per heavy atom. The zero-order valence-electron chi connectivity index (χ0n) is 15.7. The van der Waals surface area contributed by atoms with Gasteiger partial charge in [-0.3, -0.25) is 4.79 Å².